The molecule has 6 heteroatoms. The fraction of sp³-hybridized carbons (Fsp3) is 0.182. The van der Waals surface area contributed by atoms with Crippen LogP contribution in [-0.4, -0.2) is 21.7 Å². The minimum Gasteiger partial charge on any atom is -0.322 e. The molecule has 0 fully saturated rings. The van der Waals surface area contributed by atoms with Crippen molar-refractivity contribution in [1.82, 2.24) is 9.97 Å². The number of ketones is 1. The molecular weight excluding hydrogens is 370 g/mol. The monoisotopic (exact) mass is 391 g/mol. The summed E-state index contributed by atoms with van der Waals surface area (Å²) >= 11 is 1.51. The highest BCUT2D eigenvalue weighted by molar-refractivity contribution is 7.98. The highest BCUT2D eigenvalue weighted by atomic mass is 32.2. The molecule has 0 unspecified atom stereocenters. The van der Waals surface area contributed by atoms with Gasteiger partial charge in [0.05, 0.1) is 5.56 Å². The van der Waals surface area contributed by atoms with Crippen molar-refractivity contribution in [3.05, 3.63) is 83.8 Å². The van der Waals surface area contributed by atoms with E-state index in [0.29, 0.717) is 34.0 Å². The van der Waals surface area contributed by atoms with Crippen LogP contribution in [0.1, 0.15) is 46.0 Å². The van der Waals surface area contributed by atoms with E-state index < -0.39 is 0 Å². The summed E-state index contributed by atoms with van der Waals surface area (Å²) in [6.07, 6.45) is 6.52. The van der Waals surface area contributed by atoms with Gasteiger partial charge in [0.15, 0.2) is 5.78 Å². The summed E-state index contributed by atoms with van der Waals surface area (Å²) in [4.78, 5) is 33.0. The van der Waals surface area contributed by atoms with E-state index in [1.54, 1.807) is 55.0 Å². The molecule has 0 saturated heterocycles. The molecule has 0 aliphatic carbocycles. The molecule has 2 aromatic heterocycles. The van der Waals surface area contributed by atoms with Gasteiger partial charge in [0.1, 0.15) is 5.03 Å². The minimum absolute atomic E-state index is 0.113. The fourth-order valence-electron chi connectivity index (χ4n) is 2.62. The second-order valence-electron chi connectivity index (χ2n) is 6.20. The van der Waals surface area contributed by atoms with Crippen molar-refractivity contribution in [2.75, 3.05) is 5.32 Å². The first kappa shape index (κ1) is 19.8. The fourth-order valence-corrected chi connectivity index (χ4v) is 3.57. The predicted octanol–water partition coefficient (Wildman–Crippen LogP) is 5.00. The first-order chi connectivity index (χ1) is 13.7. The maximum absolute atomic E-state index is 12.7. The van der Waals surface area contributed by atoms with Crippen LogP contribution in [0.25, 0.3) is 0 Å². The zero-order valence-corrected chi connectivity index (χ0v) is 16.4. The Hall–Kier alpha value is -2.99. The van der Waals surface area contributed by atoms with Crippen LogP contribution in [0.4, 0.5) is 5.69 Å². The van der Waals surface area contributed by atoms with Crippen molar-refractivity contribution < 1.29 is 9.59 Å². The smallest absolute Gasteiger partial charge is 0.258 e. The summed E-state index contributed by atoms with van der Waals surface area (Å²) in [6, 6.07) is 14.4. The maximum atomic E-state index is 12.7. The van der Waals surface area contributed by atoms with Crippen molar-refractivity contribution in [2.45, 2.75) is 30.5 Å². The normalized spacial score (nSPS) is 10.5. The Kier molecular flexibility index (Phi) is 6.92. The van der Waals surface area contributed by atoms with Gasteiger partial charge in [-0.1, -0.05) is 6.92 Å². The van der Waals surface area contributed by atoms with Crippen LogP contribution in [0.15, 0.2) is 72.1 Å². The Morgan fingerprint density at radius 2 is 1.75 bits per heavy atom. The molecular formula is C22H21N3O2S. The number of pyridine rings is 2. The van der Waals surface area contributed by atoms with Gasteiger partial charge in [0, 0.05) is 42.0 Å². The Balaban J connectivity index is 1.68. The van der Waals surface area contributed by atoms with E-state index in [4.69, 9.17) is 0 Å². The van der Waals surface area contributed by atoms with Gasteiger partial charge in [-0.05, 0) is 60.5 Å². The summed E-state index contributed by atoms with van der Waals surface area (Å²) in [6.45, 7) is 1.98. The Bertz CT molecular complexity index is 944. The Morgan fingerprint density at radius 1 is 1.00 bits per heavy atom. The summed E-state index contributed by atoms with van der Waals surface area (Å²) in [5, 5.41) is 3.55. The zero-order chi connectivity index (χ0) is 19.8. The molecule has 3 rings (SSSR count). The number of aromatic nitrogens is 2. The first-order valence-electron chi connectivity index (χ1n) is 9.08. The summed E-state index contributed by atoms with van der Waals surface area (Å²) in [5.74, 6) is 0.592. The van der Waals surface area contributed by atoms with Crippen LogP contribution in [0.5, 0.6) is 0 Å². The number of hydrogen-bond donors (Lipinski definition) is 1. The third kappa shape index (κ3) is 5.27. The molecule has 2 heterocycles. The molecule has 1 amide bonds. The number of nitrogens with zero attached hydrogens (tertiary/aromatic N) is 2. The summed E-state index contributed by atoms with van der Waals surface area (Å²) in [7, 11) is 0. The van der Waals surface area contributed by atoms with Gasteiger partial charge in [-0.15, -0.1) is 11.8 Å². The number of hydrogen-bond acceptors (Lipinski definition) is 5. The lowest BCUT2D eigenvalue weighted by Gasteiger charge is -2.10. The second-order valence-corrected chi connectivity index (χ2v) is 7.17. The lowest BCUT2D eigenvalue weighted by Crippen LogP contribution is -2.13. The highest BCUT2D eigenvalue weighted by Crippen LogP contribution is 2.25. The number of rotatable bonds is 8. The molecule has 0 atom stereocenters. The Morgan fingerprint density at radius 3 is 2.46 bits per heavy atom. The largest absolute Gasteiger partial charge is 0.322 e. The lowest BCUT2D eigenvalue weighted by atomic mass is 10.1. The number of carbonyl (C=O) groups excluding carboxylic acids is 2. The van der Waals surface area contributed by atoms with Gasteiger partial charge in [0.25, 0.3) is 5.91 Å². The number of carbonyl (C=O) groups is 2. The summed E-state index contributed by atoms with van der Waals surface area (Å²) in [5.41, 5.74) is 2.94. The average Bonchev–Trinajstić information content (AvgIpc) is 2.74. The van der Waals surface area contributed by atoms with E-state index in [-0.39, 0.29) is 11.7 Å². The average molecular weight is 391 g/mol. The molecule has 0 spiro atoms. The minimum atomic E-state index is -0.224. The van der Waals surface area contributed by atoms with Crippen molar-refractivity contribution >= 4 is 29.1 Å². The van der Waals surface area contributed by atoms with Crippen LogP contribution in [0.2, 0.25) is 0 Å². The number of Topliss-reactive ketones (excluding diaryl/α,β-unsaturated/α-hetero) is 1. The van der Waals surface area contributed by atoms with Crippen molar-refractivity contribution in [3.63, 3.8) is 0 Å². The number of thioether (sulfide) groups is 1. The maximum Gasteiger partial charge on any atom is 0.258 e. The first-order valence-corrected chi connectivity index (χ1v) is 10.1. The van der Waals surface area contributed by atoms with Gasteiger partial charge in [0.2, 0.25) is 0 Å². The van der Waals surface area contributed by atoms with Gasteiger partial charge in [-0.3, -0.25) is 14.6 Å². The van der Waals surface area contributed by atoms with Crippen LogP contribution in [-0.2, 0) is 5.75 Å². The molecule has 0 saturated carbocycles. The molecule has 0 radical (unpaired) electrons. The van der Waals surface area contributed by atoms with Gasteiger partial charge in [-0.2, -0.15) is 0 Å². The molecule has 3 aromatic rings. The van der Waals surface area contributed by atoms with Crippen molar-refractivity contribution in [1.29, 1.82) is 0 Å². The molecule has 28 heavy (non-hydrogen) atoms. The van der Waals surface area contributed by atoms with Crippen LogP contribution in [0.3, 0.4) is 0 Å². The third-order valence-electron chi connectivity index (χ3n) is 4.08. The predicted molar refractivity (Wildman–Crippen MR) is 112 cm³/mol. The van der Waals surface area contributed by atoms with Crippen LogP contribution < -0.4 is 5.32 Å². The molecule has 142 valence electrons. The van der Waals surface area contributed by atoms with E-state index in [2.05, 4.69) is 15.3 Å². The zero-order valence-electron chi connectivity index (χ0n) is 15.6. The molecule has 5 nitrogen and oxygen atoms in total. The molecule has 0 bridgehead atoms. The number of anilines is 1. The van der Waals surface area contributed by atoms with Gasteiger partial charge >= 0.3 is 0 Å². The SMILES string of the molecule is CCCC(=O)c1ccc(NC(=O)c2cccnc2SCc2ccncc2)cc1. The number of benzene rings is 1. The molecule has 1 aromatic carbocycles. The number of amides is 1. The van der Waals surface area contributed by atoms with E-state index in [1.165, 1.54) is 11.8 Å². The van der Waals surface area contributed by atoms with Crippen molar-refractivity contribution in [3.8, 4) is 0 Å². The van der Waals surface area contributed by atoms with E-state index >= 15 is 0 Å². The third-order valence-corrected chi connectivity index (χ3v) is 5.16. The van der Waals surface area contributed by atoms with Crippen molar-refractivity contribution in [2.24, 2.45) is 0 Å². The van der Waals surface area contributed by atoms with Crippen LogP contribution in [0, 0.1) is 0 Å². The van der Waals surface area contributed by atoms with Gasteiger partial charge in [-0.25, -0.2) is 4.98 Å². The van der Waals surface area contributed by atoms with Gasteiger partial charge < -0.3 is 5.32 Å². The highest BCUT2D eigenvalue weighted by Gasteiger charge is 2.13. The van der Waals surface area contributed by atoms with E-state index in [9.17, 15) is 9.59 Å². The topological polar surface area (TPSA) is 72.0 Å². The Labute approximate surface area is 168 Å². The van der Waals surface area contributed by atoms with E-state index in [0.717, 1.165) is 12.0 Å². The van der Waals surface area contributed by atoms with E-state index in [1.807, 2.05) is 19.1 Å². The molecule has 1 N–H and O–H groups in total. The second kappa shape index (κ2) is 9.80. The number of nitrogens with one attached hydrogen (secondary N) is 1. The standard InChI is InChI=1S/C22H21N3O2S/c1-2-4-20(26)17-6-8-18(9-7-17)25-21(27)19-5-3-12-24-22(19)28-15-16-10-13-23-14-11-16/h3,5-14H,2,4,15H2,1H3,(H,25,27). The molecule has 0 aliphatic rings. The van der Waals surface area contributed by atoms with Crippen LogP contribution >= 0.6 is 11.8 Å². The quantitative estimate of drug-likeness (QED) is 0.432. The summed E-state index contributed by atoms with van der Waals surface area (Å²) < 4.78 is 0. The molecule has 0 aliphatic heterocycles. The lowest BCUT2D eigenvalue weighted by molar-refractivity contribution is 0.0980.